The van der Waals surface area contributed by atoms with Gasteiger partial charge in [-0.25, -0.2) is 0 Å². The van der Waals surface area contributed by atoms with E-state index in [1.165, 1.54) is 18.4 Å². The average Bonchev–Trinajstić information content (AvgIpc) is 3.18. The Bertz CT molecular complexity index is 499. The Balaban J connectivity index is 1.65. The summed E-state index contributed by atoms with van der Waals surface area (Å²) in [5.41, 5.74) is 1.57. The molecule has 1 saturated heterocycles. The summed E-state index contributed by atoms with van der Waals surface area (Å²) in [7, 11) is -0.328. The Morgan fingerprint density at radius 3 is 2.48 bits per heavy atom. The van der Waals surface area contributed by atoms with Crippen LogP contribution in [0.3, 0.4) is 0 Å². The Morgan fingerprint density at radius 2 is 1.86 bits per heavy atom. The van der Waals surface area contributed by atoms with Gasteiger partial charge < -0.3 is 14.6 Å². The van der Waals surface area contributed by atoms with Crippen LogP contribution in [0.2, 0.25) is 0 Å². The number of rotatable bonds is 5. The molecule has 0 atom stereocenters. The second kappa shape index (κ2) is 5.38. The maximum absolute atomic E-state index is 6.08. The van der Waals surface area contributed by atoms with Crippen LogP contribution in [0.4, 0.5) is 0 Å². The maximum atomic E-state index is 6.08. The first-order valence-electron chi connectivity index (χ1n) is 7.87. The van der Waals surface area contributed by atoms with Crippen LogP contribution in [-0.2, 0) is 15.9 Å². The number of nitrogens with one attached hydrogen (secondary N) is 1. The molecule has 0 radical (unpaired) electrons. The van der Waals surface area contributed by atoms with Crippen molar-refractivity contribution < 1.29 is 9.31 Å². The molecule has 1 aliphatic heterocycles. The van der Waals surface area contributed by atoms with Gasteiger partial charge in [-0.05, 0) is 58.6 Å². The maximum Gasteiger partial charge on any atom is 0.496 e. The summed E-state index contributed by atoms with van der Waals surface area (Å²) in [5.74, 6) is 0.893. The second-order valence-electron chi connectivity index (χ2n) is 7.29. The van der Waals surface area contributed by atoms with E-state index in [2.05, 4.69) is 44.1 Å². The lowest BCUT2D eigenvalue weighted by Crippen LogP contribution is -2.41. The minimum Gasteiger partial charge on any atom is -0.399 e. The Morgan fingerprint density at radius 1 is 1.19 bits per heavy atom. The lowest BCUT2D eigenvalue weighted by atomic mass is 9.80. The zero-order valence-corrected chi connectivity index (χ0v) is 13.5. The van der Waals surface area contributed by atoms with Crippen LogP contribution in [-0.4, -0.2) is 29.8 Å². The third-order valence-corrected chi connectivity index (χ3v) is 4.80. The van der Waals surface area contributed by atoms with Crippen LogP contribution >= 0.6 is 0 Å². The molecule has 3 rings (SSSR count). The zero-order valence-electron chi connectivity index (χ0n) is 13.5. The fraction of sp³-hybridized carbons (Fsp3) is 0.688. The summed E-state index contributed by atoms with van der Waals surface area (Å²) in [6.07, 6.45) is 6.50. The molecule has 2 fully saturated rings. The standard InChI is InChI=1S/C16H25BN2O2/c1-15(2)16(3,4)21-17(20-15)14-7-13(10-19-11-14)9-18-8-12-5-6-12/h7,10-12,18H,5-6,8-9H2,1-4H3. The van der Waals surface area contributed by atoms with Gasteiger partial charge in [-0.2, -0.15) is 0 Å². The van der Waals surface area contributed by atoms with E-state index < -0.39 is 0 Å². The highest BCUT2D eigenvalue weighted by molar-refractivity contribution is 6.62. The van der Waals surface area contributed by atoms with Crippen LogP contribution < -0.4 is 10.8 Å². The molecule has 0 spiro atoms. The largest absolute Gasteiger partial charge is 0.496 e. The Kier molecular flexibility index (Phi) is 3.84. The van der Waals surface area contributed by atoms with Crippen LogP contribution in [0, 0.1) is 5.92 Å². The van der Waals surface area contributed by atoms with Crippen LogP contribution in [0.25, 0.3) is 0 Å². The second-order valence-corrected chi connectivity index (χ2v) is 7.29. The predicted molar refractivity (Wildman–Crippen MR) is 84.4 cm³/mol. The molecule has 0 amide bonds. The highest BCUT2D eigenvalue weighted by Crippen LogP contribution is 2.36. The highest BCUT2D eigenvalue weighted by atomic mass is 16.7. The van der Waals surface area contributed by atoms with E-state index >= 15 is 0 Å². The fourth-order valence-corrected chi connectivity index (χ4v) is 2.46. The molecular formula is C16H25BN2O2. The quantitative estimate of drug-likeness (QED) is 0.840. The number of hydrogen-bond acceptors (Lipinski definition) is 4. The van der Waals surface area contributed by atoms with Crippen molar-refractivity contribution >= 4 is 12.6 Å². The van der Waals surface area contributed by atoms with Gasteiger partial charge in [-0.3, -0.25) is 4.98 Å². The van der Waals surface area contributed by atoms with Crippen LogP contribution in [0.15, 0.2) is 18.5 Å². The smallest absolute Gasteiger partial charge is 0.399 e. The van der Waals surface area contributed by atoms with Crippen molar-refractivity contribution in [3.05, 3.63) is 24.0 Å². The van der Waals surface area contributed by atoms with Crippen molar-refractivity contribution in [3.8, 4) is 0 Å². The van der Waals surface area contributed by atoms with Gasteiger partial charge in [0.1, 0.15) is 0 Å². The highest BCUT2D eigenvalue weighted by Gasteiger charge is 2.51. The molecule has 114 valence electrons. The third kappa shape index (κ3) is 3.30. The van der Waals surface area contributed by atoms with E-state index in [9.17, 15) is 0 Å². The van der Waals surface area contributed by atoms with E-state index in [1.54, 1.807) is 0 Å². The number of hydrogen-bond donors (Lipinski definition) is 1. The van der Waals surface area contributed by atoms with Gasteiger partial charge in [0, 0.05) is 24.4 Å². The van der Waals surface area contributed by atoms with Crippen molar-refractivity contribution in [3.63, 3.8) is 0 Å². The summed E-state index contributed by atoms with van der Waals surface area (Å²) in [4.78, 5) is 4.34. The SMILES string of the molecule is CC1(C)OB(c2cncc(CNCC3CC3)c2)OC1(C)C. The van der Waals surface area contributed by atoms with E-state index in [4.69, 9.17) is 9.31 Å². The molecule has 2 aliphatic rings. The topological polar surface area (TPSA) is 43.4 Å². The lowest BCUT2D eigenvalue weighted by Gasteiger charge is -2.32. The van der Waals surface area contributed by atoms with Crippen molar-refractivity contribution in [1.29, 1.82) is 0 Å². The number of nitrogens with zero attached hydrogens (tertiary/aromatic N) is 1. The molecule has 1 aliphatic carbocycles. The number of pyridine rings is 1. The van der Waals surface area contributed by atoms with Gasteiger partial charge in [-0.15, -0.1) is 0 Å². The van der Waals surface area contributed by atoms with Gasteiger partial charge in [-0.1, -0.05) is 6.07 Å². The van der Waals surface area contributed by atoms with Crippen LogP contribution in [0.5, 0.6) is 0 Å². The van der Waals surface area contributed by atoms with Gasteiger partial charge >= 0.3 is 7.12 Å². The van der Waals surface area contributed by atoms with E-state index in [0.29, 0.717) is 0 Å². The summed E-state index contributed by atoms with van der Waals surface area (Å²) in [6.45, 7) is 10.3. The molecular weight excluding hydrogens is 263 g/mol. The molecule has 5 heteroatoms. The molecule has 1 N–H and O–H groups in total. The third-order valence-electron chi connectivity index (χ3n) is 4.80. The zero-order chi connectivity index (χ0) is 15.1. The fourth-order valence-electron chi connectivity index (χ4n) is 2.46. The molecule has 4 nitrogen and oxygen atoms in total. The first-order valence-corrected chi connectivity index (χ1v) is 7.87. The van der Waals surface area contributed by atoms with Crippen molar-refractivity contribution in [2.45, 2.75) is 58.3 Å². The van der Waals surface area contributed by atoms with Crippen molar-refractivity contribution in [2.75, 3.05) is 6.54 Å². The van der Waals surface area contributed by atoms with Crippen molar-refractivity contribution in [2.24, 2.45) is 5.92 Å². The normalized spacial score (nSPS) is 23.5. The summed E-state index contributed by atoms with van der Waals surface area (Å²) in [5, 5.41) is 3.49. The summed E-state index contributed by atoms with van der Waals surface area (Å²) >= 11 is 0. The molecule has 0 bridgehead atoms. The molecule has 2 heterocycles. The molecule has 1 saturated carbocycles. The van der Waals surface area contributed by atoms with Gasteiger partial charge in [0.15, 0.2) is 0 Å². The van der Waals surface area contributed by atoms with E-state index in [0.717, 1.165) is 24.5 Å². The first-order chi connectivity index (χ1) is 9.87. The monoisotopic (exact) mass is 288 g/mol. The van der Waals surface area contributed by atoms with Gasteiger partial charge in [0.05, 0.1) is 11.2 Å². The predicted octanol–water partition coefficient (Wildman–Crippen LogP) is 1.88. The lowest BCUT2D eigenvalue weighted by molar-refractivity contribution is 0.00578. The molecule has 1 aromatic rings. The molecule has 1 aromatic heterocycles. The first kappa shape index (κ1) is 15.0. The van der Waals surface area contributed by atoms with Gasteiger partial charge in [0.2, 0.25) is 0 Å². The molecule has 0 unspecified atom stereocenters. The molecule has 21 heavy (non-hydrogen) atoms. The van der Waals surface area contributed by atoms with E-state index in [-0.39, 0.29) is 18.3 Å². The molecule has 0 aromatic carbocycles. The Hall–Kier alpha value is -0.905. The Labute approximate surface area is 127 Å². The number of aromatic nitrogens is 1. The summed E-state index contributed by atoms with van der Waals surface area (Å²) in [6, 6.07) is 2.13. The minimum absolute atomic E-state index is 0.308. The minimum atomic E-state index is -0.328. The average molecular weight is 288 g/mol. The van der Waals surface area contributed by atoms with Gasteiger partial charge in [0.25, 0.3) is 0 Å². The van der Waals surface area contributed by atoms with Crippen molar-refractivity contribution in [1.82, 2.24) is 10.3 Å². The summed E-state index contributed by atoms with van der Waals surface area (Å²) < 4.78 is 12.2. The van der Waals surface area contributed by atoms with E-state index in [1.807, 2.05) is 12.4 Å². The van der Waals surface area contributed by atoms with Crippen LogP contribution in [0.1, 0.15) is 46.1 Å².